The van der Waals surface area contributed by atoms with Gasteiger partial charge in [-0.25, -0.2) is 13.1 Å². The summed E-state index contributed by atoms with van der Waals surface area (Å²) in [5.41, 5.74) is 1.09. The molecule has 3 N–H and O–H groups in total. The Morgan fingerprint density at radius 3 is 2.56 bits per heavy atom. The van der Waals surface area contributed by atoms with Gasteiger partial charge in [-0.1, -0.05) is 13.8 Å². The van der Waals surface area contributed by atoms with Crippen LogP contribution in [0.1, 0.15) is 25.2 Å². The van der Waals surface area contributed by atoms with E-state index in [0.29, 0.717) is 24.5 Å². The molecule has 92 valence electrons. The SMILES string of the molecule is CCNCc1n[nH]c(C)c1S(=O)(=O)NCC. The molecule has 0 bridgehead atoms. The van der Waals surface area contributed by atoms with Gasteiger partial charge in [0.05, 0.1) is 11.4 Å². The standard InChI is InChI=1S/C9H18N4O2S/c1-4-10-6-8-9(7(3)12-13-8)16(14,15)11-5-2/h10-11H,4-6H2,1-3H3,(H,12,13). The predicted octanol–water partition coefficient (Wildman–Crippen LogP) is 0.126. The van der Waals surface area contributed by atoms with Gasteiger partial charge in [0, 0.05) is 13.1 Å². The first kappa shape index (κ1) is 13.1. The smallest absolute Gasteiger partial charge is 0.244 e. The predicted molar refractivity (Wildman–Crippen MR) is 61.6 cm³/mol. The molecule has 0 saturated heterocycles. The van der Waals surface area contributed by atoms with Crippen LogP contribution < -0.4 is 10.0 Å². The second-order valence-corrected chi connectivity index (χ2v) is 5.11. The van der Waals surface area contributed by atoms with Crippen LogP contribution in [0.15, 0.2) is 4.90 Å². The van der Waals surface area contributed by atoms with E-state index in [1.54, 1.807) is 13.8 Å². The molecule has 1 aromatic rings. The zero-order chi connectivity index (χ0) is 12.2. The first-order valence-electron chi connectivity index (χ1n) is 5.27. The average Bonchev–Trinajstić information content (AvgIpc) is 2.57. The van der Waals surface area contributed by atoms with Crippen LogP contribution in [0.3, 0.4) is 0 Å². The minimum Gasteiger partial charge on any atom is -0.311 e. The first-order valence-corrected chi connectivity index (χ1v) is 6.75. The molecule has 7 heteroatoms. The van der Waals surface area contributed by atoms with Crippen molar-refractivity contribution in [1.82, 2.24) is 20.2 Å². The van der Waals surface area contributed by atoms with Crippen LogP contribution >= 0.6 is 0 Å². The monoisotopic (exact) mass is 246 g/mol. The third-order valence-electron chi connectivity index (χ3n) is 2.11. The van der Waals surface area contributed by atoms with Crippen LogP contribution in [0.2, 0.25) is 0 Å². The molecule has 0 saturated carbocycles. The number of nitrogens with zero attached hydrogens (tertiary/aromatic N) is 1. The van der Waals surface area contributed by atoms with Gasteiger partial charge in [-0.2, -0.15) is 5.10 Å². The van der Waals surface area contributed by atoms with Crippen molar-refractivity contribution in [3.63, 3.8) is 0 Å². The van der Waals surface area contributed by atoms with Gasteiger partial charge in [0.1, 0.15) is 4.90 Å². The number of sulfonamides is 1. The normalized spacial score (nSPS) is 11.9. The number of aromatic nitrogens is 2. The van der Waals surface area contributed by atoms with Crippen LogP contribution in [-0.4, -0.2) is 31.7 Å². The van der Waals surface area contributed by atoms with Crippen molar-refractivity contribution in [2.45, 2.75) is 32.2 Å². The van der Waals surface area contributed by atoms with E-state index >= 15 is 0 Å². The van der Waals surface area contributed by atoms with E-state index in [1.807, 2.05) is 6.92 Å². The Hall–Kier alpha value is -0.920. The maximum atomic E-state index is 11.9. The molecule has 0 amide bonds. The molecule has 16 heavy (non-hydrogen) atoms. The molecule has 0 aromatic carbocycles. The highest BCUT2D eigenvalue weighted by Gasteiger charge is 2.22. The summed E-state index contributed by atoms with van der Waals surface area (Å²) in [5.74, 6) is 0. The topological polar surface area (TPSA) is 86.9 Å². The van der Waals surface area contributed by atoms with Crippen molar-refractivity contribution in [1.29, 1.82) is 0 Å². The Kier molecular flexibility index (Phi) is 4.45. The summed E-state index contributed by atoms with van der Waals surface area (Å²) in [4.78, 5) is 0.260. The molecule has 0 fully saturated rings. The van der Waals surface area contributed by atoms with Gasteiger partial charge in [-0.3, -0.25) is 5.10 Å². The molecule has 0 aliphatic heterocycles. The summed E-state index contributed by atoms with van der Waals surface area (Å²) in [7, 11) is -3.44. The Morgan fingerprint density at radius 1 is 1.31 bits per heavy atom. The minimum absolute atomic E-state index is 0.260. The van der Waals surface area contributed by atoms with Crippen molar-refractivity contribution < 1.29 is 8.42 Å². The second kappa shape index (κ2) is 5.42. The van der Waals surface area contributed by atoms with Crippen molar-refractivity contribution in [3.8, 4) is 0 Å². The molecule has 0 radical (unpaired) electrons. The minimum atomic E-state index is -3.44. The van der Waals surface area contributed by atoms with Crippen LogP contribution in [0.25, 0.3) is 0 Å². The number of rotatable bonds is 6. The summed E-state index contributed by atoms with van der Waals surface area (Å²) < 4.78 is 26.3. The Balaban J connectivity index is 3.06. The van der Waals surface area contributed by atoms with Crippen molar-refractivity contribution >= 4 is 10.0 Å². The van der Waals surface area contributed by atoms with Crippen molar-refractivity contribution in [2.24, 2.45) is 0 Å². The molecule has 0 aliphatic carbocycles. The highest BCUT2D eigenvalue weighted by Crippen LogP contribution is 2.16. The van der Waals surface area contributed by atoms with E-state index in [9.17, 15) is 8.42 Å². The Bertz CT molecular complexity index is 438. The number of aryl methyl sites for hydroxylation is 1. The molecule has 0 atom stereocenters. The summed E-state index contributed by atoms with van der Waals surface area (Å²) in [6.45, 7) is 6.99. The molecule has 1 heterocycles. The number of nitrogens with one attached hydrogen (secondary N) is 3. The highest BCUT2D eigenvalue weighted by molar-refractivity contribution is 7.89. The van der Waals surface area contributed by atoms with Gasteiger partial charge in [0.2, 0.25) is 10.0 Å². The van der Waals surface area contributed by atoms with Crippen molar-refractivity contribution in [3.05, 3.63) is 11.4 Å². The van der Waals surface area contributed by atoms with Crippen molar-refractivity contribution in [2.75, 3.05) is 13.1 Å². The van der Waals surface area contributed by atoms with Crippen LogP contribution in [0.4, 0.5) is 0 Å². The fourth-order valence-corrected chi connectivity index (χ4v) is 2.85. The number of hydrogen-bond acceptors (Lipinski definition) is 4. The lowest BCUT2D eigenvalue weighted by molar-refractivity contribution is 0.580. The number of aromatic amines is 1. The van der Waals surface area contributed by atoms with Crippen LogP contribution in [0.5, 0.6) is 0 Å². The summed E-state index contributed by atoms with van der Waals surface area (Å²) in [5, 5.41) is 9.75. The number of H-pyrrole nitrogens is 1. The van der Waals surface area contributed by atoms with E-state index < -0.39 is 10.0 Å². The fraction of sp³-hybridized carbons (Fsp3) is 0.667. The van der Waals surface area contributed by atoms with Gasteiger partial charge >= 0.3 is 0 Å². The molecule has 0 aliphatic rings. The lowest BCUT2D eigenvalue weighted by atomic mass is 10.3. The zero-order valence-electron chi connectivity index (χ0n) is 9.79. The molecule has 6 nitrogen and oxygen atoms in total. The Labute approximate surface area is 95.9 Å². The van der Waals surface area contributed by atoms with Gasteiger partial charge < -0.3 is 5.32 Å². The fourth-order valence-electron chi connectivity index (χ4n) is 1.45. The van der Waals surface area contributed by atoms with Gasteiger partial charge in [0.15, 0.2) is 0 Å². The first-order chi connectivity index (χ1) is 7.53. The van der Waals surface area contributed by atoms with E-state index in [1.165, 1.54) is 0 Å². The summed E-state index contributed by atoms with van der Waals surface area (Å²) in [6.07, 6.45) is 0. The highest BCUT2D eigenvalue weighted by atomic mass is 32.2. The van der Waals surface area contributed by atoms with E-state index in [-0.39, 0.29) is 4.90 Å². The molecular weight excluding hydrogens is 228 g/mol. The maximum absolute atomic E-state index is 11.9. The summed E-state index contributed by atoms with van der Waals surface area (Å²) >= 11 is 0. The molecule has 0 unspecified atom stereocenters. The third kappa shape index (κ3) is 2.81. The van der Waals surface area contributed by atoms with Crippen LogP contribution in [-0.2, 0) is 16.6 Å². The quantitative estimate of drug-likeness (QED) is 0.665. The molecule has 0 spiro atoms. The zero-order valence-corrected chi connectivity index (χ0v) is 10.6. The van der Waals surface area contributed by atoms with E-state index in [0.717, 1.165) is 6.54 Å². The van der Waals surface area contributed by atoms with Crippen LogP contribution in [0, 0.1) is 6.92 Å². The lowest BCUT2D eigenvalue weighted by Crippen LogP contribution is -2.25. The molecular formula is C9H18N4O2S. The number of hydrogen-bond donors (Lipinski definition) is 3. The van der Waals surface area contributed by atoms with E-state index in [4.69, 9.17) is 0 Å². The van der Waals surface area contributed by atoms with E-state index in [2.05, 4.69) is 20.2 Å². The maximum Gasteiger partial charge on any atom is 0.244 e. The molecule has 1 rings (SSSR count). The largest absolute Gasteiger partial charge is 0.311 e. The second-order valence-electron chi connectivity index (χ2n) is 3.41. The summed E-state index contributed by atoms with van der Waals surface area (Å²) in [6, 6.07) is 0. The average molecular weight is 246 g/mol. The Morgan fingerprint density at radius 2 is 2.00 bits per heavy atom. The lowest BCUT2D eigenvalue weighted by Gasteiger charge is -2.06. The van der Waals surface area contributed by atoms with Gasteiger partial charge in [-0.05, 0) is 13.5 Å². The van der Waals surface area contributed by atoms with Gasteiger partial charge in [0.25, 0.3) is 0 Å². The molecule has 1 aromatic heterocycles. The third-order valence-corrected chi connectivity index (χ3v) is 3.85. The van der Waals surface area contributed by atoms with Gasteiger partial charge in [-0.15, -0.1) is 0 Å².